The third kappa shape index (κ3) is 5.91. The third-order valence-electron chi connectivity index (χ3n) is 4.02. The molecule has 0 fully saturated rings. The van der Waals surface area contributed by atoms with Crippen molar-refractivity contribution in [2.24, 2.45) is 5.10 Å². The Morgan fingerprint density at radius 2 is 1.70 bits per heavy atom. The summed E-state index contributed by atoms with van der Waals surface area (Å²) in [7, 11) is -3.68. The third-order valence-corrected chi connectivity index (χ3v) is 6.14. The molecule has 3 rings (SSSR count). The summed E-state index contributed by atoms with van der Waals surface area (Å²) in [5, 5.41) is 5.95. The van der Waals surface area contributed by atoms with E-state index in [0.29, 0.717) is 22.9 Å². The molecule has 0 spiro atoms. The fraction of sp³-hybridized carbons (Fsp3) is 0.143. The van der Waals surface area contributed by atoms with Crippen LogP contribution in [0.5, 0.6) is 11.5 Å². The van der Waals surface area contributed by atoms with Gasteiger partial charge >= 0.3 is 0 Å². The van der Waals surface area contributed by atoms with Crippen LogP contribution < -0.4 is 14.5 Å². The minimum atomic E-state index is -3.68. The number of hydrogen-bond acceptors (Lipinski definition) is 6. The molecule has 3 aromatic rings. The molecule has 0 aliphatic carbocycles. The van der Waals surface area contributed by atoms with Crippen LogP contribution in [0.1, 0.15) is 11.8 Å². The van der Waals surface area contributed by atoms with Crippen LogP contribution in [0.4, 0.5) is 5.69 Å². The van der Waals surface area contributed by atoms with Crippen LogP contribution >= 0.6 is 11.3 Å². The van der Waals surface area contributed by atoms with Crippen molar-refractivity contribution in [3.8, 4) is 11.5 Å². The largest absolute Gasteiger partial charge is 0.457 e. The number of anilines is 1. The van der Waals surface area contributed by atoms with Gasteiger partial charge in [-0.25, -0.2) is 13.8 Å². The van der Waals surface area contributed by atoms with Gasteiger partial charge < -0.3 is 4.74 Å². The van der Waals surface area contributed by atoms with Crippen LogP contribution in [0, 0.1) is 0 Å². The van der Waals surface area contributed by atoms with Gasteiger partial charge in [0.05, 0.1) is 17.7 Å². The number of hydrazone groups is 1. The smallest absolute Gasteiger partial charge is 0.260 e. The van der Waals surface area contributed by atoms with Gasteiger partial charge in [-0.05, 0) is 54.8 Å². The SMILES string of the molecule is CC(=NNC(=O)CN(c1ccc(Oc2ccccc2)cc1)S(C)(=O)=O)c1cccs1. The van der Waals surface area contributed by atoms with Crippen molar-refractivity contribution in [1.82, 2.24) is 5.43 Å². The maximum atomic E-state index is 12.3. The average molecular weight is 444 g/mol. The molecule has 30 heavy (non-hydrogen) atoms. The van der Waals surface area contributed by atoms with Crippen molar-refractivity contribution >= 4 is 38.7 Å². The van der Waals surface area contributed by atoms with Gasteiger partial charge in [-0.15, -0.1) is 11.3 Å². The molecular formula is C21H21N3O4S2. The van der Waals surface area contributed by atoms with Crippen LogP contribution in [0.2, 0.25) is 0 Å². The predicted octanol–water partition coefficient (Wildman–Crippen LogP) is 3.85. The molecule has 0 atom stereocenters. The van der Waals surface area contributed by atoms with Gasteiger partial charge in [0.2, 0.25) is 10.0 Å². The molecule has 0 saturated carbocycles. The molecule has 9 heteroatoms. The van der Waals surface area contributed by atoms with E-state index < -0.39 is 15.9 Å². The van der Waals surface area contributed by atoms with E-state index >= 15 is 0 Å². The van der Waals surface area contributed by atoms with E-state index in [4.69, 9.17) is 4.74 Å². The summed E-state index contributed by atoms with van der Waals surface area (Å²) in [5.41, 5.74) is 3.41. The van der Waals surface area contributed by atoms with Crippen LogP contribution in [-0.2, 0) is 14.8 Å². The maximum absolute atomic E-state index is 12.3. The molecule has 2 aromatic carbocycles. The zero-order valence-corrected chi connectivity index (χ0v) is 18.1. The highest BCUT2D eigenvalue weighted by molar-refractivity contribution is 7.92. The topological polar surface area (TPSA) is 88.1 Å². The number of amides is 1. The van der Waals surface area contributed by atoms with Crippen molar-refractivity contribution in [2.75, 3.05) is 17.1 Å². The minimum Gasteiger partial charge on any atom is -0.457 e. The quantitative estimate of drug-likeness (QED) is 0.423. The lowest BCUT2D eigenvalue weighted by Crippen LogP contribution is -2.39. The first-order chi connectivity index (χ1) is 14.3. The van der Waals surface area contributed by atoms with Gasteiger partial charge in [0.1, 0.15) is 18.0 Å². The number of nitrogens with one attached hydrogen (secondary N) is 1. The van der Waals surface area contributed by atoms with Crippen molar-refractivity contribution < 1.29 is 17.9 Å². The number of rotatable bonds is 8. The average Bonchev–Trinajstić information content (AvgIpc) is 3.26. The summed E-state index contributed by atoms with van der Waals surface area (Å²) in [6.45, 7) is 1.38. The number of benzene rings is 2. The van der Waals surface area contributed by atoms with E-state index in [1.165, 1.54) is 11.3 Å². The second-order valence-electron chi connectivity index (χ2n) is 6.39. The molecule has 0 saturated heterocycles. The highest BCUT2D eigenvalue weighted by atomic mass is 32.2. The van der Waals surface area contributed by atoms with Crippen LogP contribution in [-0.4, -0.2) is 32.8 Å². The first-order valence-corrected chi connectivity index (χ1v) is 11.7. The lowest BCUT2D eigenvalue weighted by atomic mass is 10.3. The number of carbonyl (C=O) groups is 1. The molecule has 0 radical (unpaired) electrons. The fourth-order valence-electron chi connectivity index (χ4n) is 2.56. The highest BCUT2D eigenvalue weighted by Gasteiger charge is 2.21. The first kappa shape index (κ1) is 21.5. The number of nitrogens with zero attached hydrogens (tertiary/aromatic N) is 2. The van der Waals surface area contributed by atoms with E-state index in [1.54, 1.807) is 31.2 Å². The Morgan fingerprint density at radius 1 is 1.03 bits per heavy atom. The lowest BCUT2D eigenvalue weighted by molar-refractivity contribution is -0.119. The first-order valence-electron chi connectivity index (χ1n) is 9.00. The Kier molecular flexibility index (Phi) is 6.86. The Bertz CT molecular complexity index is 1110. The van der Waals surface area contributed by atoms with Crippen LogP contribution in [0.3, 0.4) is 0 Å². The summed E-state index contributed by atoms with van der Waals surface area (Å²) in [6, 6.07) is 19.5. The number of carbonyl (C=O) groups excluding carboxylic acids is 1. The van der Waals surface area contributed by atoms with Gasteiger partial charge in [-0.2, -0.15) is 5.10 Å². The Labute approximate surface area is 179 Å². The standard InChI is InChI=1S/C21H21N3O4S2/c1-16(20-9-6-14-29-20)22-23-21(25)15-24(30(2,26)27)17-10-12-19(13-11-17)28-18-7-4-3-5-8-18/h3-14H,15H2,1-2H3,(H,23,25). The van der Waals surface area contributed by atoms with Gasteiger partial charge in [0.25, 0.3) is 5.91 Å². The zero-order chi connectivity index (χ0) is 21.6. The van der Waals surface area contributed by atoms with E-state index in [9.17, 15) is 13.2 Å². The van der Waals surface area contributed by atoms with Crippen LogP contribution in [0.15, 0.2) is 77.2 Å². The molecule has 0 unspecified atom stereocenters. The number of ether oxygens (including phenoxy) is 1. The predicted molar refractivity (Wildman–Crippen MR) is 120 cm³/mol. The number of thiophene rings is 1. The Morgan fingerprint density at radius 3 is 2.30 bits per heavy atom. The van der Waals surface area contributed by atoms with E-state index in [-0.39, 0.29) is 6.54 Å². The summed E-state index contributed by atoms with van der Waals surface area (Å²) >= 11 is 1.50. The van der Waals surface area contributed by atoms with Crippen molar-refractivity contribution in [2.45, 2.75) is 6.92 Å². The highest BCUT2D eigenvalue weighted by Crippen LogP contribution is 2.25. The van der Waals surface area contributed by atoms with Crippen molar-refractivity contribution in [3.63, 3.8) is 0 Å². The van der Waals surface area contributed by atoms with Gasteiger partial charge in [-0.1, -0.05) is 24.3 Å². The molecule has 1 amide bonds. The second kappa shape index (κ2) is 9.55. The number of hydrogen-bond donors (Lipinski definition) is 1. The van der Waals surface area contributed by atoms with Crippen molar-refractivity contribution in [1.29, 1.82) is 0 Å². The monoisotopic (exact) mass is 443 g/mol. The molecule has 1 heterocycles. The molecular weight excluding hydrogens is 422 g/mol. The molecule has 1 N–H and O–H groups in total. The summed E-state index contributed by atoms with van der Waals surface area (Å²) in [5.74, 6) is 0.684. The molecule has 0 aliphatic rings. The van der Waals surface area contributed by atoms with E-state index in [0.717, 1.165) is 15.4 Å². The van der Waals surface area contributed by atoms with Gasteiger partial charge in [-0.3, -0.25) is 9.10 Å². The Balaban J connectivity index is 1.70. The lowest BCUT2D eigenvalue weighted by Gasteiger charge is -2.21. The normalized spacial score (nSPS) is 11.7. The van der Waals surface area contributed by atoms with Crippen LogP contribution in [0.25, 0.3) is 0 Å². The zero-order valence-electron chi connectivity index (χ0n) is 16.5. The summed E-state index contributed by atoms with van der Waals surface area (Å²) < 4.78 is 31.2. The minimum absolute atomic E-state index is 0.354. The van der Waals surface area contributed by atoms with Gasteiger partial charge in [0, 0.05) is 4.88 Å². The van der Waals surface area contributed by atoms with E-state index in [2.05, 4.69) is 10.5 Å². The molecule has 1 aromatic heterocycles. The molecule has 7 nitrogen and oxygen atoms in total. The maximum Gasteiger partial charge on any atom is 0.260 e. The Hall–Kier alpha value is -3.17. The summed E-state index contributed by atoms with van der Waals surface area (Å²) in [4.78, 5) is 13.2. The van der Waals surface area contributed by atoms with Crippen molar-refractivity contribution in [3.05, 3.63) is 77.0 Å². The second-order valence-corrected chi connectivity index (χ2v) is 9.24. The van der Waals surface area contributed by atoms with Gasteiger partial charge in [0.15, 0.2) is 0 Å². The number of para-hydroxylation sites is 1. The molecule has 0 bridgehead atoms. The molecule has 156 valence electrons. The number of sulfonamides is 1. The summed E-state index contributed by atoms with van der Waals surface area (Å²) in [6.07, 6.45) is 1.05. The molecule has 0 aliphatic heterocycles. The van der Waals surface area contributed by atoms with E-state index in [1.807, 2.05) is 47.8 Å². The fourth-order valence-corrected chi connectivity index (χ4v) is 4.09.